The van der Waals surface area contributed by atoms with Gasteiger partial charge in [-0.3, -0.25) is 4.79 Å². The first-order valence-electron chi connectivity index (χ1n) is 10.1. The second-order valence-electron chi connectivity index (χ2n) is 10.0. The molecule has 0 heterocycles. The summed E-state index contributed by atoms with van der Waals surface area (Å²) >= 11 is 0. The molecule has 7 atom stereocenters. The Hall–Kier alpha value is -0.570. The van der Waals surface area contributed by atoms with E-state index in [9.17, 15) is 9.90 Å². The molecule has 0 aromatic rings. The maximum atomic E-state index is 12.1. The van der Waals surface area contributed by atoms with Crippen LogP contribution in [-0.2, 0) is 9.53 Å². The van der Waals surface area contributed by atoms with Gasteiger partial charge in [0.25, 0.3) is 0 Å². The summed E-state index contributed by atoms with van der Waals surface area (Å²) in [5, 5.41) is 9.97. The number of fused-ring (bicyclic) bond motifs is 3. The summed E-state index contributed by atoms with van der Waals surface area (Å²) in [7, 11) is 1.84. The maximum Gasteiger partial charge on any atom is 0.309 e. The Morgan fingerprint density at radius 3 is 2.58 bits per heavy atom. The summed E-state index contributed by atoms with van der Waals surface area (Å²) in [5.74, 6) is 2.16. The molecule has 0 radical (unpaired) electrons. The Morgan fingerprint density at radius 1 is 1.08 bits per heavy atom. The normalized spacial score (nSPS) is 53.3. The first kappa shape index (κ1) is 16.9. The molecule has 4 aliphatic carbocycles. The lowest BCUT2D eigenvalue weighted by molar-refractivity contribution is -0.181. The van der Waals surface area contributed by atoms with Gasteiger partial charge in [0.2, 0.25) is 0 Å². The smallest absolute Gasteiger partial charge is 0.309 e. The molecule has 1 spiro atoms. The van der Waals surface area contributed by atoms with Gasteiger partial charge in [0.1, 0.15) is 0 Å². The molecular weight excluding hydrogens is 300 g/mol. The standard InChI is InChI=1S/C21H34O3/c1-19-8-4-9-20(2,18(22)23)16(19)7-10-21-11-14(5-6-17(19)21)15(12-21)13-24-3/h14-17H,4-13H2,1-3H3,(H,22,23). The third-order valence-electron chi connectivity index (χ3n) is 9.14. The molecule has 0 aromatic carbocycles. The zero-order valence-electron chi connectivity index (χ0n) is 15.6. The van der Waals surface area contributed by atoms with Crippen LogP contribution in [0, 0.1) is 39.9 Å². The van der Waals surface area contributed by atoms with Gasteiger partial charge in [-0.15, -0.1) is 0 Å². The minimum absolute atomic E-state index is 0.233. The minimum atomic E-state index is -0.549. The molecule has 3 nitrogen and oxygen atoms in total. The number of carboxylic acid groups (broad SMARTS) is 1. The molecule has 4 fully saturated rings. The molecule has 4 rings (SSSR count). The molecule has 0 saturated heterocycles. The van der Waals surface area contributed by atoms with Crippen molar-refractivity contribution < 1.29 is 14.6 Å². The van der Waals surface area contributed by atoms with E-state index in [0.29, 0.717) is 11.3 Å². The Balaban J connectivity index is 1.67. The van der Waals surface area contributed by atoms with E-state index in [4.69, 9.17) is 4.74 Å². The van der Waals surface area contributed by atoms with Gasteiger partial charge in [-0.25, -0.2) is 0 Å². The second-order valence-corrected chi connectivity index (χ2v) is 10.0. The van der Waals surface area contributed by atoms with Gasteiger partial charge < -0.3 is 9.84 Å². The molecule has 4 saturated carbocycles. The summed E-state index contributed by atoms with van der Waals surface area (Å²) < 4.78 is 5.53. The van der Waals surface area contributed by atoms with Gasteiger partial charge in [-0.05, 0) is 92.8 Å². The topological polar surface area (TPSA) is 46.5 Å². The fourth-order valence-electron chi connectivity index (χ4n) is 8.25. The molecule has 0 aliphatic heterocycles. The molecule has 1 N–H and O–H groups in total. The number of carboxylic acids is 1. The van der Waals surface area contributed by atoms with Crippen molar-refractivity contribution in [3.8, 4) is 0 Å². The average molecular weight is 335 g/mol. The molecule has 4 aliphatic rings. The van der Waals surface area contributed by atoms with Crippen LogP contribution in [0.1, 0.15) is 71.6 Å². The van der Waals surface area contributed by atoms with E-state index < -0.39 is 11.4 Å². The molecular formula is C21H34O3. The van der Waals surface area contributed by atoms with Crippen molar-refractivity contribution in [3.05, 3.63) is 0 Å². The third kappa shape index (κ3) is 2.09. The lowest BCUT2D eigenvalue weighted by Crippen LogP contribution is -2.58. The van der Waals surface area contributed by atoms with E-state index in [1.54, 1.807) is 0 Å². The molecule has 7 unspecified atom stereocenters. The molecule has 3 heteroatoms. The van der Waals surface area contributed by atoms with Crippen LogP contribution in [0.5, 0.6) is 0 Å². The first-order valence-corrected chi connectivity index (χ1v) is 10.1. The van der Waals surface area contributed by atoms with Crippen LogP contribution in [0.3, 0.4) is 0 Å². The molecule has 0 amide bonds. The van der Waals surface area contributed by atoms with Gasteiger partial charge >= 0.3 is 5.97 Å². The highest BCUT2D eigenvalue weighted by molar-refractivity contribution is 5.75. The number of aliphatic carboxylic acids is 1. The van der Waals surface area contributed by atoms with Crippen LogP contribution in [0.25, 0.3) is 0 Å². The Labute approximate surface area is 146 Å². The van der Waals surface area contributed by atoms with Crippen molar-refractivity contribution in [1.82, 2.24) is 0 Å². The van der Waals surface area contributed by atoms with Crippen molar-refractivity contribution in [2.75, 3.05) is 13.7 Å². The van der Waals surface area contributed by atoms with Crippen LogP contribution in [-0.4, -0.2) is 24.8 Å². The summed E-state index contributed by atoms with van der Waals surface area (Å²) in [6.45, 7) is 5.43. The Bertz CT molecular complexity index is 531. The van der Waals surface area contributed by atoms with Crippen molar-refractivity contribution in [3.63, 3.8) is 0 Å². The number of rotatable bonds is 3. The van der Waals surface area contributed by atoms with Gasteiger partial charge in [0.05, 0.1) is 5.41 Å². The number of methoxy groups -OCH3 is 1. The zero-order valence-corrected chi connectivity index (χ0v) is 15.6. The molecule has 136 valence electrons. The highest BCUT2D eigenvalue weighted by Gasteiger charge is 2.65. The van der Waals surface area contributed by atoms with Crippen LogP contribution < -0.4 is 0 Å². The summed E-state index contributed by atoms with van der Waals surface area (Å²) in [6, 6.07) is 0. The Kier molecular flexibility index (Phi) is 3.84. The largest absolute Gasteiger partial charge is 0.481 e. The summed E-state index contributed by atoms with van der Waals surface area (Å²) in [6.07, 6.45) is 11.0. The van der Waals surface area contributed by atoms with E-state index in [1.807, 2.05) is 14.0 Å². The lowest BCUT2D eigenvalue weighted by Gasteiger charge is -2.63. The van der Waals surface area contributed by atoms with Crippen LogP contribution in [0.2, 0.25) is 0 Å². The predicted octanol–water partition coefficient (Wildman–Crippen LogP) is 4.75. The number of carbonyl (C=O) groups is 1. The molecule has 0 aromatic heterocycles. The van der Waals surface area contributed by atoms with E-state index in [2.05, 4.69) is 6.92 Å². The van der Waals surface area contributed by atoms with Crippen LogP contribution >= 0.6 is 0 Å². The van der Waals surface area contributed by atoms with E-state index in [0.717, 1.165) is 43.6 Å². The SMILES string of the molecule is COCC1CC23CCC4C(C)(C(=O)O)CCCC4(C)C2CCC1C3. The lowest BCUT2D eigenvalue weighted by atomic mass is 9.41. The summed E-state index contributed by atoms with van der Waals surface area (Å²) in [5.41, 5.74) is 0.223. The molecule has 2 bridgehead atoms. The van der Waals surface area contributed by atoms with E-state index in [-0.39, 0.29) is 5.41 Å². The first-order chi connectivity index (χ1) is 11.4. The number of hydrogen-bond donors (Lipinski definition) is 1. The predicted molar refractivity (Wildman–Crippen MR) is 93.7 cm³/mol. The van der Waals surface area contributed by atoms with E-state index >= 15 is 0 Å². The second kappa shape index (κ2) is 5.46. The quantitative estimate of drug-likeness (QED) is 0.810. The van der Waals surface area contributed by atoms with Crippen LogP contribution in [0.4, 0.5) is 0 Å². The fourth-order valence-corrected chi connectivity index (χ4v) is 8.25. The van der Waals surface area contributed by atoms with Gasteiger partial charge in [-0.1, -0.05) is 13.3 Å². The minimum Gasteiger partial charge on any atom is -0.481 e. The van der Waals surface area contributed by atoms with Crippen molar-refractivity contribution in [1.29, 1.82) is 0 Å². The van der Waals surface area contributed by atoms with Crippen LogP contribution in [0.15, 0.2) is 0 Å². The molecule has 24 heavy (non-hydrogen) atoms. The third-order valence-corrected chi connectivity index (χ3v) is 9.14. The van der Waals surface area contributed by atoms with E-state index in [1.165, 1.54) is 38.5 Å². The Morgan fingerprint density at radius 2 is 1.88 bits per heavy atom. The highest BCUT2D eigenvalue weighted by atomic mass is 16.5. The van der Waals surface area contributed by atoms with Gasteiger partial charge in [0.15, 0.2) is 0 Å². The fraction of sp³-hybridized carbons (Fsp3) is 0.952. The highest BCUT2D eigenvalue weighted by Crippen LogP contribution is 2.72. The van der Waals surface area contributed by atoms with Gasteiger partial charge in [0, 0.05) is 13.7 Å². The maximum absolute atomic E-state index is 12.1. The number of hydrogen-bond acceptors (Lipinski definition) is 2. The summed E-state index contributed by atoms with van der Waals surface area (Å²) in [4.78, 5) is 12.1. The van der Waals surface area contributed by atoms with Crippen molar-refractivity contribution in [2.24, 2.45) is 39.9 Å². The monoisotopic (exact) mass is 334 g/mol. The zero-order chi connectivity index (χ0) is 17.2. The van der Waals surface area contributed by atoms with Crippen molar-refractivity contribution in [2.45, 2.75) is 71.6 Å². The average Bonchev–Trinajstić information content (AvgIpc) is 2.78. The van der Waals surface area contributed by atoms with Gasteiger partial charge in [-0.2, -0.15) is 0 Å². The van der Waals surface area contributed by atoms with Crippen molar-refractivity contribution >= 4 is 5.97 Å². The number of ether oxygens (including phenoxy) is 1.